The second-order valence-electron chi connectivity index (χ2n) is 14.5. The minimum absolute atomic E-state index is 0.156. The van der Waals surface area contributed by atoms with Crippen LogP contribution >= 0.6 is 0 Å². The van der Waals surface area contributed by atoms with Crippen molar-refractivity contribution in [3.63, 3.8) is 0 Å². The number of rotatable bonds is 7. The summed E-state index contributed by atoms with van der Waals surface area (Å²) in [6, 6.07) is 0. The number of aliphatic hydroxyl groups excluding tert-OH is 2. The molecule has 4 nitrogen and oxygen atoms in total. The van der Waals surface area contributed by atoms with Gasteiger partial charge in [0.2, 0.25) is 0 Å². The molecule has 4 heteroatoms. The molecule has 0 amide bonds. The molecule has 13 atom stereocenters. The van der Waals surface area contributed by atoms with Crippen LogP contribution in [-0.4, -0.2) is 42.4 Å². The summed E-state index contributed by atoms with van der Waals surface area (Å²) >= 11 is 0. The highest BCUT2D eigenvalue weighted by Gasteiger charge is 2.66. The largest absolute Gasteiger partial charge is 0.393 e. The summed E-state index contributed by atoms with van der Waals surface area (Å²) in [5.74, 6) is 5.06. The molecule has 202 valence electrons. The Bertz CT molecular complexity index is 765. The lowest BCUT2D eigenvalue weighted by molar-refractivity contribution is -0.265. The van der Waals surface area contributed by atoms with Crippen LogP contribution in [0.3, 0.4) is 0 Å². The van der Waals surface area contributed by atoms with E-state index in [2.05, 4.69) is 34.6 Å². The Labute approximate surface area is 214 Å². The van der Waals surface area contributed by atoms with E-state index in [9.17, 15) is 10.2 Å². The van der Waals surface area contributed by atoms with Crippen molar-refractivity contribution in [2.45, 2.75) is 117 Å². The van der Waals surface area contributed by atoms with E-state index in [0.29, 0.717) is 29.6 Å². The van der Waals surface area contributed by atoms with Gasteiger partial charge in [-0.25, -0.2) is 0 Å². The van der Waals surface area contributed by atoms with E-state index in [1.54, 1.807) is 14.2 Å². The van der Waals surface area contributed by atoms with E-state index in [1.165, 1.54) is 32.1 Å². The van der Waals surface area contributed by atoms with Crippen LogP contribution < -0.4 is 0 Å². The summed E-state index contributed by atoms with van der Waals surface area (Å²) in [5, 5.41) is 23.3. The molecule has 5 fully saturated rings. The number of methoxy groups -OCH3 is 2. The fourth-order valence-corrected chi connectivity index (χ4v) is 10.7. The second-order valence-corrected chi connectivity index (χ2v) is 14.5. The van der Waals surface area contributed by atoms with E-state index >= 15 is 0 Å². The summed E-state index contributed by atoms with van der Waals surface area (Å²) in [4.78, 5) is 0. The van der Waals surface area contributed by atoms with Crippen LogP contribution in [0.15, 0.2) is 0 Å². The number of aliphatic hydroxyl groups is 2. The Morgan fingerprint density at radius 1 is 0.886 bits per heavy atom. The lowest BCUT2D eigenvalue weighted by atomic mass is 9.43. The molecule has 2 N–H and O–H groups in total. The molecule has 5 aliphatic rings. The van der Waals surface area contributed by atoms with Gasteiger partial charge in [0, 0.05) is 32.5 Å². The molecule has 0 aliphatic heterocycles. The molecule has 5 aliphatic carbocycles. The minimum Gasteiger partial charge on any atom is -0.393 e. The van der Waals surface area contributed by atoms with Gasteiger partial charge >= 0.3 is 0 Å². The van der Waals surface area contributed by atoms with Gasteiger partial charge in [0.05, 0.1) is 12.2 Å². The molecule has 35 heavy (non-hydrogen) atoms. The average molecular weight is 491 g/mol. The van der Waals surface area contributed by atoms with Crippen molar-refractivity contribution in [3.05, 3.63) is 0 Å². The Morgan fingerprint density at radius 3 is 2.17 bits per heavy atom. The predicted molar refractivity (Wildman–Crippen MR) is 140 cm³/mol. The lowest BCUT2D eigenvalue weighted by Crippen LogP contribution is -2.60. The molecule has 0 saturated heterocycles. The van der Waals surface area contributed by atoms with Gasteiger partial charge in [-0.05, 0) is 97.2 Å². The van der Waals surface area contributed by atoms with Crippen LogP contribution in [0.5, 0.6) is 0 Å². The summed E-state index contributed by atoms with van der Waals surface area (Å²) < 4.78 is 11.8. The molecule has 0 aromatic heterocycles. The Balaban J connectivity index is 1.33. The van der Waals surface area contributed by atoms with Crippen LogP contribution in [0.4, 0.5) is 0 Å². The Morgan fingerprint density at radius 2 is 1.54 bits per heavy atom. The van der Waals surface area contributed by atoms with Gasteiger partial charge in [-0.3, -0.25) is 0 Å². The van der Waals surface area contributed by atoms with Crippen molar-refractivity contribution in [1.29, 1.82) is 0 Å². The zero-order chi connectivity index (χ0) is 25.3. The zero-order valence-corrected chi connectivity index (χ0v) is 23.6. The third kappa shape index (κ3) is 4.07. The number of ether oxygens (including phenoxy) is 2. The Hall–Kier alpha value is -0.160. The van der Waals surface area contributed by atoms with Gasteiger partial charge in [0.25, 0.3) is 0 Å². The molecule has 0 aromatic rings. The van der Waals surface area contributed by atoms with Crippen LogP contribution in [0.2, 0.25) is 0 Å². The van der Waals surface area contributed by atoms with Gasteiger partial charge in [0.15, 0.2) is 5.79 Å². The van der Waals surface area contributed by atoms with Crippen LogP contribution in [0, 0.1) is 64.1 Å². The van der Waals surface area contributed by atoms with Crippen LogP contribution in [-0.2, 0) is 9.47 Å². The molecule has 0 bridgehead atoms. The third-order valence-electron chi connectivity index (χ3n) is 13.2. The maximum atomic E-state index is 11.9. The molecule has 0 radical (unpaired) electrons. The molecule has 0 heterocycles. The highest BCUT2D eigenvalue weighted by atomic mass is 16.7. The van der Waals surface area contributed by atoms with E-state index in [4.69, 9.17) is 9.47 Å². The predicted octanol–water partition coefficient (Wildman–Crippen LogP) is 6.28. The van der Waals surface area contributed by atoms with E-state index in [0.717, 1.165) is 49.9 Å². The number of fused-ring (bicyclic) bond motifs is 5. The monoisotopic (exact) mass is 490 g/mol. The van der Waals surface area contributed by atoms with Crippen molar-refractivity contribution in [2.75, 3.05) is 14.2 Å². The first-order chi connectivity index (χ1) is 16.5. The maximum absolute atomic E-state index is 11.9. The van der Waals surface area contributed by atoms with Crippen molar-refractivity contribution >= 4 is 0 Å². The molecular formula is C31H54O4. The lowest BCUT2D eigenvalue weighted by Gasteiger charge is -2.63. The van der Waals surface area contributed by atoms with Crippen LogP contribution in [0.1, 0.15) is 98.8 Å². The van der Waals surface area contributed by atoms with Crippen molar-refractivity contribution < 1.29 is 19.7 Å². The van der Waals surface area contributed by atoms with Gasteiger partial charge in [-0.1, -0.05) is 47.5 Å². The van der Waals surface area contributed by atoms with Crippen LogP contribution in [0.25, 0.3) is 0 Å². The van der Waals surface area contributed by atoms with E-state index in [1.807, 2.05) is 0 Å². The van der Waals surface area contributed by atoms with Gasteiger partial charge in [-0.15, -0.1) is 0 Å². The van der Waals surface area contributed by atoms with Crippen molar-refractivity contribution in [2.24, 2.45) is 64.1 Å². The van der Waals surface area contributed by atoms with Gasteiger partial charge in [-0.2, -0.15) is 0 Å². The summed E-state index contributed by atoms with van der Waals surface area (Å²) in [7, 11) is 3.58. The topological polar surface area (TPSA) is 58.9 Å². The summed E-state index contributed by atoms with van der Waals surface area (Å²) in [6.07, 6.45) is 10.5. The summed E-state index contributed by atoms with van der Waals surface area (Å²) in [6.45, 7) is 12.1. The second kappa shape index (κ2) is 9.24. The first-order valence-electron chi connectivity index (χ1n) is 15.0. The molecule has 0 spiro atoms. The smallest absolute Gasteiger partial charge is 0.167 e. The zero-order valence-electron chi connectivity index (χ0n) is 23.6. The maximum Gasteiger partial charge on any atom is 0.167 e. The minimum atomic E-state index is -0.432. The first kappa shape index (κ1) is 26.4. The molecular weight excluding hydrogens is 436 g/mol. The van der Waals surface area contributed by atoms with E-state index in [-0.39, 0.29) is 29.0 Å². The first-order valence-corrected chi connectivity index (χ1v) is 15.0. The van der Waals surface area contributed by atoms with Gasteiger partial charge in [0.1, 0.15) is 0 Å². The highest BCUT2D eigenvalue weighted by Crippen LogP contribution is 2.69. The van der Waals surface area contributed by atoms with Crippen molar-refractivity contribution in [3.8, 4) is 0 Å². The fraction of sp³-hybridized carbons (Fsp3) is 1.00. The SMILES string of the molecule is COC1(OC)CC[C@@]2(C)C(CC[C@H]3[C@@H]4C[C@@H](O)[C@H]([C@H](C)CC[C@@H](C)[C@@H]5C[C@H]5C)[C@@]4(C)[C@H](O)C[C@@H]32)C1. The summed E-state index contributed by atoms with van der Waals surface area (Å²) in [5.41, 5.74) is 0.0770. The quantitative estimate of drug-likeness (QED) is 0.412. The highest BCUT2D eigenvalue weighted by molar-refractivity contribution is 5.15. The Kier molecular flexibility index (Phi) is 6.98. The third-order valence-corrected chi connectivity index (χ3v) is 13.2. The van der Waals surface area contributed by atoms with Gasteiger partial charge < -0.3 is 19.7 Å². The normalized spacial score (nSPS) is 52.2. The number of hydrogen-bond donors (Lipinski definition) is 2. The van der Waals surface area contributed by atoms with E-state index < -0.39 is 5.79 Å². The number of hydrogen-bond acceptors (Lipinski definition) is 4. The standard InChI is InChI=1S/C31H54O4/c1-18(23-14-20(23)3)8-9-19(2)28-26(32)15-25-22-11-10-21-17-31(34-6,35-7)13-12-29(21,4)24(22)16-27(33)30(25,28)5/h18-28,32-33H,8-17H2,1-7H3/t18-,19-,20-,21?,22-,23+,24+,25+,26-,27-,28+,29+,30-/m1/s1. The molecule has 0 aromatic carbocycles. The molecule has 1 unspecified atom stereocenters. The molecule has 5 saturated carbocycles. The van der Waals surface area contributed by atoms with Crippen molar-refractivity contribution in [1.82, 2.24) is 0 Å². The average Bonchev–Trinajstić information content (AvgIpc) is 3.50. The molecule has 5 rings (SSSR count). The fourth-order valence-electron chi connectivity index (χ4n) is 10.7.